The summed E-state index contributed by atoms with van der Waals surface area (Å²) in [6.45, 7) is 3.77. The van der Waals surface area contributed by atoms with Gasteiger partial charge in [-0.2, -0.15) is 0 Å². The lowest BCUT2D eigenvalue weighted by Crippen LogP contribution is -2.51. The normalized spacial score (nSPS) is 13.8. The monoisotopic (exact) mass is 470 g/mol. The summed E-state index contributed by atoms with van der Waals surface area (Å²) in [5.41, 5.74) is 2.23. The second-order valence-corrected chi connectivity index (χ2v) is 9.44. The number of carbonyl (C=O) groups excluding carboxylic acids is 2. The van der Waals surface area contributed by atoms with Crippen molar-refractivity contribution in [2.75, 3.05) is 31.5 Å². The van der Waals surface area contributed by atoms with Gasteiger partial charge in [0.15, 0.2) is 0 Å². The highest BCUT2D eigenvalue weighted by atomic mass is 32.2. The Bertz CT molecular complexity index is 1100. The minimum Gasteiger partial charge on any atom is -0.335 e. The number of thioether (sulfide) groups is 1. The molecule has 1 N–H and O–H groups in total. The number of anilines is 1. The third-order valence-corrected chi connectivity index (χ3v) is 7.04. The van der Waals surface area contributed by atoms with Gasteiger partial charge in [0.05, 0.1) is 16.3 Å². The zero-order chi connectivity index (χ0) is 22.5. The average molecular weight is 471 g/mol. The zero-order valence-electron chi connectivity index (χ0n) is 17.6. The summed E-state index contributed by atoms with van der Waals surface area (Å²) in [7, 11) is 0. The van der Waals surface area contributed by atoms with Crippen LogP contribution >= 0.6 is 23.1 Å². The number of hydrogen-bond donors (Lipinski definition) is 1. The van der Waals surface area contributed by atoms with Crippen LogP contribution in [0.2, 0.25) is 0 Å². The summed E-state index contributed by atoms with van der Waals surface area (Å²) < 4.78 is 13.0. The molecule has 0 spiro atoms. The van der Waals surface area contributed by atoms with Gasteiger partial charge < -0.3 is 15.1 Å². The number of benzene rings is 2. The molecule has 0 saturated carbocycles. The van der Waals surface area contributed by atoms with Crippen LogP contribution in [0.15, 0.2) is 58.8 Å². The molecule has 1 aromatic heterocycles. The standard InChI is InChI=1S/C23H23FN4O2S2/c1-16-25-19(14-31-16)15-32-21-5-3-2-4-20(21)22(29)27-10-12-28(13-11-27)23(30)26-18-8-6-17(24)7-9-18/h2-9,14H,10-13,15H2,1H3,(H,26,30). The molecule has 0 bridgehead atoms. The molecule has 32 heavy (non-hydrogen) atoms. The van der Waals surface area contributed by atoms with E-state index >= 15 is 0 Å². The summed E-state index contributed by atoms with van der Waals surface area (Å²) in [6.07, 6.45) is 0. The van der Waals surface area contributed by atoms with E-state index in [-0.39, 0.29) is 17.8 Å². The third-order valence-electron chi connectivity index (χ3n) is 5.11. The van der Waals surface area contributed by atoms with Gasteiger partial charge in [-0.05, 0) is 43.3 Å². The van der Waals surface area contributed by atoms with Gasteiger partial charge in [-0.15, -0.1) is 23.1 Å². The Labute approximate surface area is 194 Å². The van der Waals surface area contributed by atoms with Gasteiger partial charge in [0.2, 0.25) is 0 Å². The Morgan fingerprint density at radius 3 is 2.44 bits per heavy atom. The fraction of sp³-hybridized carbons (Fsp3) is 0.261. The number of hydrogen-bond acceptors (Lipinski definition) is 5. The van der Waals surface area contributed by atoms with Gasteiger partial charge in [-0.1, -0.05) is 12.1 Å². The number of thiazole rings is 1. The third kappa shape index (κ3) is 5.46. The van der Waals surface area contributed by atoms with Gasteiger partial charge in [-0.25, -0.2) is 14.2 Å². The van der Waals surface area contributed by atoms with Crippen LogP contribution in [0, 0.1) is 12.7 Å². The number of rotatable bonds is 5. The summed E-state index contributed by atoms with van der Waals surface area (Å²) in [5, 5.41) is 5.84. The van der Waals surface area contributed by atoms with E-state index in [1.165, 1.54) is 24.3 Å². The van der Waals surface area contributed by atoms with Crippen LogP contribution in [-0.4, -0.2) is 52.9 Å². The zero-order valence-corrected chi connectivity index (χ0v) is 19.2. The van der Waals surface area contributed by atoms with Crippen molar-refractivity contribution in [2.24, 2.45) is 0 Å². The molecule has 1 fully saturated rings. The van der Waals surface area contributed by atoms with E-state index in [9.17, 15) is 14.0 Å². The maximum atomic E-state index is 13.2. The van der Waals surface area contributed by atoms with Crippen molar-refractivity contribution in [2.45, 2.75) is 17.6 Å². The summed E-state index contributed by atoms with van der Waals surface area (Å²) in [5.74, 6) is 0.336. The van der Waals surface area contributed by atoms with Crippen molar-refractivity contribution < 1.29 is 14.0 Å². The SMILES string of the molecule is Cc1nc(CSc2ccccc2C(=O)N2CCN(C(=O)Nc3ccc(F)cc3)CC2)cs1. The molecule has 166 valence electrons. The number of urea groups is 1. The topological polar surface area (TPSA) is 65.5 Å². The van der Waals surface area contributed by atoms with Gasteiger partial charge in [-0.3, -0.25) is 4.79 Å². The number of nitrogens with one attached hydrogen (secondary N) is 1. The summed E-state index contributed by atoms with van der Waals surface area (Å²) in [6, 6.07) is 13.0. The van der Waals surface area contributed by atoms with E-state index in [0.717, 1.165) is 15.6 Å². The van der Waals surface area contributed by atoms with Crippen molar-refractivity contribution in [3.63, 3.8) is 0 Å². The molecule has 3 amide bonds. The van der Waals surface area contributed by atoms with E-state index in [1.54, 1.807) is 32.9 Å². The summed E-state index contributed by atoms with van der Waals surface area (Å²) >= 11 is 3.23. The first-order valence-corrected chi connectivity index (χ1v) is 12.1. The lowest BCUT2D eigenvalue weighted by molar-refractivity contribution is 0.0668. The molecule has 1 aliphatic heterocycles. The van der Waals surface area contributed by atoms with Gasteiger partial charge in [0, 0.05) is 47.9 Å². The van der Waals surface area contributed by atoms with Crippen molar-refractivity contribution in [1.29, 1.82) is 0 Å². The average Bonchev–Trinajstić information content (AvgIpc) is 3.24. The molecule has 2 aromatic carbocycles. The minimum absolute atomic E-state index is 0.0267. The maximum Gasteiger partial charge on any atom is 0.321 e. The molecular formula is C23H23FN4O2S2. The molecule has 3 aromatic rings. The van der Waals surface area contributed by atoms with E-state index in [1.807, 2.05) is 36.6 Å². The van der Waals surface area contributed by atoms with Gasteiger partial charge in [0.1, 0.15) is 5.82 Å². The Morgan fingerprint density at radius 2 is 1.75 bits per heavy atom. The van der Waals surface area contributed by atoms with Crippen LogP contribution in [0.5, 0.6) is 0 Å². The maximum absolute atomic E-state index is 13.2. The Balaban J connectivity index is 1.34. The van der Waals surface area contributed by atoms with Crippen molar-refractivity contribution in [3.8, 4) is 0 Å². The molecular weight excluding hydrogens is 447 g/mol. The smallest absolute Gasteiger partial charge is 0.321 e. The molecule has 4 rings (SSSR count). The quantitative estimate of drug-likeness (QED) is 0.540. The van der Waals surface area contributed by atoms with Crippen molar-refractivity contribution in [3.05, 3.63) is 76.0 Å². The van der Waals surface area contributed by atoms with Crippen LogP contribution in [0.25, 0.3) is 0 Å². The first-order chi connectivity index (χ1) is 15.5. The lowest BCUT2D eigenvalue weighted by Gasteiger charge is -2.35. The van der Waals surface area contributed by atoms with Crippen LogP contribution in [0.3, 0.4) is 0 Å². The van der Waals surface area contributed by atoms with Crippen LogP contribution in [0.4, 0.5) is 14.9 Å². The number of piperazine rings is 1. The number of aromatic nitrogens is 1. The van der Waals surface area contributed by atoms with E-state index < -0.39 is 0 Å². The largest absolute Gasteiger partial charge is 0.335 e. The fourth-order valence-electron chi connectivity index (χ4n) is 3.41. The Morgan fingerprint density at radius 1 is 1.06 bits per heavy atom. The van der Waals surface area contributed by atoms with Crippen LogP contribution in [0.1, 0.15) is 21.1 Å². The number of nitrogens with zero attached hydrogens (tertiary/aromatic N) is 3. The second-order valence-electron chi connectivity index (χ2n) is 7.36. The molecule has 1 saturated heterocycles. The molecule has 6 nitrogen and oxygen atoms in total. The first kappa shape index (κ1) is 22.3. The van der Waals surface area contributed by atoms with E-state index in [2.05, 4.69) is 10.3 Å². The highest BCUT2D eigenvalue weighted by Gasteiger charge is 2.26. The highest BCUT2D eigenvalue weighted by Crippen LogP contribution is 2.28. The first-order valence-electron chi connectivity index (χ1n) is 10.2. The van der Waals surface area contributed by atoms with Crippen LogP contribution in [-0.2, 0) is 5.75 Å². The van der Waals surface area contributed by atoms with Crippen LogP contribution < -0.4 is 5.32 Å². The summed E-state index contributed by atoms with van der Waals surface area (Å²) in [4.78, 5) is 34.5. The number of amides is 3. The lowest BCUT2D eigenvalue weighted by atomic mass is 10.2. The van der Waals surface area contributed by atoms with E-state index in [4.69, 9.17) is 0 Å². The predicted octanol–water partition coefficient (Wildman–Crippen LogP) is 4.87. The highest BCUT2D eigenvalue weighted by molar-refractivity contribution is 7.98. The van der Waals surface area contributed by atoms with E-state index in [0.29, 0.717) is 43.2 Å². The minimum atomic E-state index is -0.352. The number of carbonyl (C=O) groups is 2. The molecule has 0 aliphatic carbocycles. The molecule has 1 aliphatic rings. The molecule has 9 heteroatoms. The van der Waals surface area contributed by atoms with Gasteiger partial charge >= 0.3 is 6.03 Å². The number of aryl methyl sites for hydroxylation is 1. The molecule has 0 unspecified atom stereocenters. The fourth-order valence-corrected chi connectivity index (χ4v) is 5.07. The van der Waals surface area contributed by atoms with Crippen molar-refractivity contribution in [1.82, 2.24) is 14.8 Å². The van der Waals surface area contributed by atoms with Gasteiger partial charge in [0.25, 0.3) is 5.91 Å². The second kappa shape index (κ2) is 10.1. The Hall–Kier alpha value is -2.91. The molecule has 0 atom stereocenters. The Kier molecular flexibility index (Phi) is 7.06. The number of halogens is 1. The molecule has 2 heterocycles. The predicted molar refractivity (Wildman–Crippen MR) is 126 cm³/mol. The molecule has 0 radical (unpaired) electrons. The van der Waals surface area contributed by atoms with Crippen molar-refractivity contribution >= 4 is 40.7 Å².